The molecule has 1 aromatic heterocycles. The Hall–Kier alpha value is -1.50. The van der Waals surface area contributed by atoms with Crippen molar-refractivity contribution in [2.45, 2.75) is 34.6 Å². The molecule has 2 rings (SSSR count). The van der Waals surface area contributed by atoms with Crippen molar-refractivity contribution >= 4 is 5.82 Å². The van der Waals surface area contributed by atoms with E-state index in [0.29, 0.717) is 22.3 Å². The zero-order valence-electron chi connectivity index (χ0n) is 12.1. The van der Waals surface area contributed by atoms with Crippen LogP contribution in [-0.4, -0.2) is 16.3 Å². The van der Waals surface area contributed by atoms with E-state index in [2.05, 4.69) is 44.2 Å². The average Bonchev–Trinajstić information content (AvgIpc) is 2.50. The number of nitrogens with one attached hydrogen (secondary N) is 1. The highest BCUT2D eigenvalue weighted by molar-refractivity contribution is 5.55. The maximum Gasteiger partial charge on any atom is 0.142 e. The van der Waals surface area contributed by atoms with Crippen molar-refractivity contribution in [3.05, 3.63) is 11.3 Å². The summed E-state index contributed by atoms with van der Waals surface area (Å²) in [6, 6.07) is 2.22. The fourth-order valence-electron chi connectivity index (χ4n) is 3.04. The summed E-state index contributed by atoms with van der Waals surface area (Å²) >= 11 is 0. The summed E-state index contributed by atoms with van der Waals surface area (Å²) in [4.78, 5) is 0. The molecule has 1 N–H and O–H groups in total. The van der Waals surface area contributed by atoms with Gasteiger partial charge >= 0.3 is 0 Å². The monoisotopic (exact) mass is 246 g/mol. The fraction of sp³-hybridized carbons (Fsp3) is 0.714. The van der Waals surface area contributed by atoms with Gasteiger partial charge in [-0.15, -0.1) is 0 Å². The molecule has 0 bridgehead atoms. The molecule has 0 atom stereocenters. The van der Waals surface area contributed by atoms with E-state index in [1.807, 2.05) is 14.0 Å². The lowest BCUT2D eigenvalue weighted by molar-refractivity contribution is 0.457. The van der Waals surface area contributed by atoms with Gasteiger partial charge in [-0.1, -0.05) is 27.7 Å². The molecule has 1 aliphatic rings. The molecule has 98 valence electrons. The Kier molecular flexibility index (Phi) is 2.69. The molecule has 0 unspecified atom stereocenters. The van der Waals surface area contributed by atoms with Crippen LogP contribution in [0.3, 0.4) is 0 Å². The van der Waals surface area contributed by atoms with Crippen molar-refractivity contribution in [3.63, 3.8) is 0 Å². The fourth-order valence-corrected chi connectivity index (χ4v) is 3.04. The quantitative estimate of drug-likeness (QED) is 0.892. The highest BCUT2D eigenvalue weighted by atomic mass is 15.3. The first kappa shape index (κ1) is 12.9. The Morgan fingerprint density at radius 1 is 1.33 bits per heavy atom. The lowest BCUT2D eigenvalue weighted by Gasteiger charge is -2.08. The van der Waals surface area contributed by atoms with Gasteiger partial charge in [-0.25, -0.2) is 0 Å². The van der Waals surface area contributed by atoms with Gasteiger partial charge in [-0.2, -0.15) is 10.4 Å². The molecule has 0 aromatic carbocycles. The number of anilines is 1. The first-order valence-electron chi connectivity index (χ1n) is 6.41. The maximum atomic E-state index is 9.16. The standard InChI is InChI=1S/C14H22N4/c1-9-10(7-15)12(18(6)17-9)16-8-11-13(2,3)14(11,4)5/h11,16H,8H2,1-6H3. The average molecular weight is 246 g/mol. The minimum Gasteiger partial charge on any atom is -0.369 e. The topological polar surface area (TPSA) is 53.6 Å². The van der Waals surface area contributed by atoms with Crippen molar-refractivity contribution in [2.75, 3.05) is 11.9 Å². The molecule has 0 amide bonds. The van der Waals surface area contributed by atoms with Gasteiger partial charge in [0.1, 0.15) is 17.5 Å². The van der Waals surface area contributed by atoms with E-state index < -0.39 is 0 Å². The van der Waals surface area contributed by atoms with Crippen LogP contribution in [-0.2, 0) is 7.05 Å². The van der Waals surface area contributed by atoms with E-state index in [1.54, 1.807) is 4.68 Å². The number of nitriles is 1. The Balaban J connectivity index is 2.12. The predicted octanol–water partition coefficient (Wildman–Crippen LogP) is 2.69. The van der Waals surface area contributed by atoms with Crippen LogP contribution in [0.1, 0.15) is 39.0 Å². The minimum absolute atomic E-state index is 0.362. The Morgan fingerprint density at radius 3 is 2.33 bits per heavy atom. The van der Waals surface area contributed by atoms with Gasteiger partial charge in [-0.3, -0.25) is 4.68 Å². The Morgan fingerprint density at radius 2 is 1.89 bits per heavy atom. The molecule has 4 nitrogen and oxygen atoms in total. The van der Waals surface area contributed by atoms with E-state index in [1.165, 1.54) is 0 Å². The second-order valence-electron chi connectivity index (χ2n) is 6.42. The molecule has 1 aliphatic carbocycles. The van der Waals surface area contributed by atoms with Crippen LogP contribution in [0.25, 0.3) is 0 Å². The van der Waals surface area contributed by atoms with Crippen molar-refractivity contribution in [1.29, 1.82) is 5.26 Å². The first-order chi connectivity index (χ1) is 8.23. The number of nitrogens with zero attached hydrogens (tertiary/aromatic N) is 3. The van der Waals surface area contributed by atoms with Crippen LogP contribution < -0.4 is 5.32 Å². The summed E-state index contributed by atoms with van der Waals surface area (Å²) in [5.74, 6) is 1.47. The minimum atomic E-state index is 0.362. The number of hydrogen-bond acceptors (Lipinski definition) is 3. The van der Waals surface area contributed by atoms with Gasteiger partial charge in [0.2, 0.25) is 0 Å². The third kappa shape index (κ3) is 1.61. The second-order valence-corrected chi connectivity index (χ2v) is 6.42. The van der Waals surface area contributed by atoms with Gasteiger partial charge in [-0.05, 0) is 23.7 Å². The van der Waals surface area contributed by atoms with Crippen molar-refractivity contribution in [1.82, 2.24) is 9.78 Å². The lowest BCUT2D eigenvalue weighted by atomic mass is 10.0. The van der Waals surface area contributed by atoms with Gasteiger partial charge in [0.05, 0.1) is 5.69 Å². The summed E-state index contributed by atoms with van der Waals surface area (Å²) in [7, 11) is 1.87. The van der Waals surface area contributed by atoms with E-state index in [0.717, 1.165) is 18.1 Å². The third-order valence-corrected chi connectivity index (χ3v) is 5.13. The van der Waals surface area contributed by atoms with Crippen molar-refractivity contribution < 1.29 is 0 Å². The van der Waals surface area contributed by atoms with Crippen LogP contribution in [0.4, 0.5) is 5.82 Å². The number of aromatic nitrogens is 2. The normalized spacial score (nSPS) is 20.5. The molecule has 1 saturated carbocycles. The van der Waals surface area contributed by atoms with E-state index in [-0.39, 0.29) is 0 Å². The number of rotatable bonds is 3. The zero-order valence-corrected chi connectivity index (χ0v) is 12.1. The van der Waals surface area contributed by atoms with Gasteiger partial charge < -0.3 is 5.32 Å². The molecule has 1 heterocycles. The van der Waals surface area contributed by atoms with Gasteiger partial charge in [0, 0.05) is 13.6 Å². The molecule has 0 aliphatic heterocycles. The third-order valence-electron chi connectivity index (χ3n) is 5.13. The van der Waals surface area contributed by atoms with Crippen LogP contribution in [0.15, 0.2) is 0 Å². The number of aryl methyl sites for hydroxylation is 2. The first-order valence-corrected chi connectivity index (χ1v) is 6.41. The molecule has 1 aromatic rings. The highest BCUT2D eigenvalue weighted by Gasteiger charge is 2.64. The van der Waals surface area contributed by atoms with Crippen molar-refractivity contribution in [2.24, 2.45) is 23.8 Å². The highest BCUT2D eigenvalue weighted by Crippen LogP contribution is 2.68. The smallest absolute Gasteiger partial charge is 0.142 e. The molecule has 18 heavy (non-hydrogen) atoms. The Bertz CT molecular complexity index is 503. The largest absolute Gasteiger partial charge is 0.369 e. The van der Waals surface area contributed by atoms with E-state index in [9.17, 15) is 0 Å². The summed E-state index contributed by atoms with van der Waals surface area (Å²) in [5.41, 5.74) is 2.17. The maximum absolute atomic E-state index is 9.16. The summed E-state index contributed by atoms with van der Waals surface area (Å²) in [5, 5.41) is 16.8. The zero-order chi connectivity index (χ0) is 13.7. The Labute approximate surface area is 109 Å². The summed E-state index contributed by atoms with van der Waals surface area (Å²) < 4.78 is 1.76. The SMILES string of the molecule is Cc1nn(C)c(NCC2C(C)(C)C2(C)C)c1C#N. The van der Waals surface area contributed by atoms with Gasteiger partial charge in [0.25, 0.3) is 0 Å². The predicted molar refractivity (Wildman–Crippen MR) is 72.2 cm³/mol. The van der Waals surface area contributed by atoms with Crippen molar-refractivity contribution in [3.8, 4) is 6.07 Å². The van der Waals surface area contributed by atoms with Crippen LogP contribution in [0.2, 0.25) is 0 Å². The van der Waals surface area contributed by atoms with Crippen LogP contribution in [0, 0.1) is 35.0 Å². The number of hydrogen-bond donors (Lipinski definition) is 1. The van der Waals surface area contributed by atoms with Gasteiger partial charge in [0.15, 0.2) is 0 Å². The lowest BCUT2D eigenvalue weighted by Crippen LogP contribution is -2.12. The molecule has 4 heteroatoms. The van der Waals surface area contributed by atoms with E-state index >= 15 is 0 Å². The van der Waals surface area contributed by atoms with E-state index in [4.69, 9.17) is 5.26 Å². The molecule has 0 saturated heterocycles. The molecule has 0 radical (unpaired) electrons. The van der Waals surface area contributed by atoms with Crippen LogP contribution in [0.5, 0.6) is 0 Å². The molecular formula is C14H22N4. The molecule has 1 fully saturated rings. The molecule has 0 spiro atoms. The summed E-state index contributed by atoms with van der Waals surface area (Å²) in [6.07, 6.45) is 0. The molecular weight excluding hydrogens is 224 g/mol. The summed E-state index contributed by atoms with van der Waals surface area (Å²) in [6.45, 7) is 12.0. The second kappa shape index (κ2) is 3.74. The van der Waals surface area contributed by atoms with Crippen LogP contribution >= 0.6 is 0 Å².